The Labute approximate surface area is 130 Å². The van der Waals surface area contributed by atoms with Gasteiger partial charge in [-0.05, 0) is 49.4 Å². The van der Waals surface area contributed by atoms with Crippen LogP contribution in [0.25, 0.3) is 0 Å². The van der Waals surface area contributed by atoms with Crippen molar-refractivity contribution in [3.63, 3.8) is 0 Å². The van der Waals surface area contributed by atoms with E-state index in [2.05, 4.69) is 31.1 Å². The van der Waals surface area contributed by atoms with Gasteiger partial charge in [0.1, 0.15) is 0 Å². The summed E-state index contributed by atoms with van der Waals surface area (Å²) in [6.45, 7) is 3.79. The second-order valence-electron chi connectivity index (χ2n) is 4.65. The maximum atomic E-state index is 12.4. The number of thioether (sulfide) groups is 1. The molecule has 1 amide bonds. The van der Waals surface area contributed by atoms with Crippen LogP contribution in [0, 0.1) is 0 Å². The number of nitrogens with zero attached hydrogens (tertiary/aromatic N) is 2. The van der Waals surface area contributed by atoms with Crippen molar-refractivity contribution in [1.82, 2.24) is 4.90 Å². The molecule has 2 aliphatic heterocycles. The highest BCUT2D eigenvalue weighted by Gasteiger charge is 2.31. The summed E-state index contributed by atoms with van der Waals surface area (Å²) in [6.07, 6.45) is 1.04. The summed E-state index contributed by atoms with van der Waals surface area (Å²) in [5, 5.41) is 3.88. The maximum absolute atomic E-state index is 12.4. The highest BCUT2D eigenvalue weighted by atomic mass is 79.9. The van der Waals surface area contributed by atoms with Gasteiger partial charge in [-0.2, -0.15) is 0 Å². The minimum absolute atomic E-state index is 0.0630. The zero-order valence-electron chi connectivity index (χ0n) is 11.0. The molecule has 2 heterocycles. The van der Waals surface area contributed by atoms with Crippen molar-refractivity contribution in [3.8, 4) is 0 Å². The molecule has 0 unspecified atom stereocenters. The number of hydrogen-bond acceptors (Lipinski definition) is 4. The van der Waals surface area contributed by atoms with E-state index in [-0.39, 0.29) is 5.91 Å². The summed E-state index contributed by atoms with van der Waals surface area (Å²) >= 11 is 4.85. The fourth-order valence-electron chi connectivity index (χ4n) is 2.20. The van der Waals surface area contributed by atoms with Crippen LogP contribution in [0.15, 0.2) is 44.3 Å². The topological polar surface area (TPSA) is 44.7 Å². The van der Waals surface area contributed by atoms with E-state index in [4.69, 9.17) is 0 Å². The van der Waals surface area contributed by atoms with Gasteiger partial charge in [0.05, 0.1) is 4.91 Å². The first-order chi connectivity index (χ1) is 9.65. The lowest BCUT2D eigenvalue weighted by Gasteiger charge is -2.23. The molecule has 0 fully saturated rings. The molecular formula is C14H14BrN3OS. The minimum Gasteiger partial charge on any atom is -0.324 e. The summed E-state index contributed by atoms with van der Waals surface area (Å²) in [5.74, 6) is -0.0630. The van der Waals surface area contributed by atoms with E-state index in [1.54, 1.807) is 0 Å². The van der Waals surface area contributed by atoms with E-state index in [0.717, 1.165) is 45.4 Å². The summed E-state index contributed by atoms with van der Waals surface area (Å²) < 4.78 is 0.993. The molecule has 1 aromatic rings. The van der Waals surface area contributed by atoms with Gasteiger partial charge >= 0.3 is 0 Å². The molecule has 0 spiro atoms. The van der Waals surface area contributed by atoms with Gasteiger partial charge in [-0.3, -0.25) is 9.79 Å². The number of halogens is 1. The monoisotopic (exact) mass is 351 g/mol. The minimum atomic E-state index is -0.0630. The summed E-state index contributed by atoms with van der Waals surface area (Å²) in [5.41, 5.74) is 1.80. The van der Waals surface area contributed by atoms with Gasteiger partial charge in [-0.1, -0.05) is 15.9 Å². The van der Waals surface area contributed by atoms with Gasteiger partial charge in [0.15, 0.2) is 5.17 Å². The molecule has 104 valence electrons. The molecule has 0 saturated carbocycles. The van der Waals surface area contributed by atoms with E-state index >= 15 is 0 Å². The van der Waals surface area contributed by atoms with E-state index in [9.17, 15) is 4.79 Å². The van der Waals surface area contributed by atoms with E-state index < -0.39 is 0 Å². The number of carbonyl (C=O) groups is 1. The van der Waals surface area contributed by atoms with Gasteiger partial charge in [-0.15, -0.1) is 0 Å². The average Bonchev–Trinajstić information content (AvgIpc) is 2.79. The van der Waals surface area contributed by atoms with Crippen molar-refractivity contribution in [2.75, 3.05) is 18.4 Å². The number of allylic oxidation sites excluding steroid dienone is 1. The molecule has 3 rings (SSSR count). The normalized spacial score (nSPS) is 17.9. The first-order valence-electron chi connectivity index (χ1n) is 6.43. The molecule has 20 heavy (non-hydrogen) atoms. The molecular weight excluding hydrogens is 338 g/mol. The molecule has 1 N–H and O–H groups in total. The van der Waals surface area contributed by atoms with Crippen LogP contribution in [-0.2, 0) is 4.79 Å². The molecule has 4 nitrogen and oxygen atoms in total. The van der Waals surface area contributed by atoms with Crippen LogP contribution in [0.2, 0.25) is 0 Å². The van der Waals surface area contributed by atoms with Gasteiger partial charge in [0.25, 0.3) is 5.91 Å². The average molecular weight is 352 g/mol. The Morgan fingerprint density at radius 2 is 2.15 bits per heavy atom. The number of anilines is 1. The number of nitrogens with one attached hydrogen (secondary N) is 1. The Balaban J connectivity index is 1.77. The van der Waals surface area contributed by atoms with Crippen molar-refractivity contribution in [1.29, 1.82) is 0 Å². The quantitative estimate of drug-likeness (QED) is 0.887. The zero-order valence-corrected chi connectivity index (χ0v) is 13.4. The number of hydrogen-bond donors (Lipinski definition) is 1. The Morgan fingerprint density at radius 1 is 1.40 bits per heavy atom. The number of amidine groups is 1. The first-order valence-corrected chi connectivity index (χ1v) is 8.04. The zero-order chi connectivity index (χ0) is 14.1. The fourth-order valence-corrected chi connectivity index (χ4v) is 3.55. The second kappa shape index (κ2) is 5.61. The molecule has 6 heteroatoms. The van der Waals surface area contributed by atoms with Crippen LogP contribution in [0.1, 0.15) is 13.3 Å². The van der Waals surface area contributed by atoms with Crippen LogP contribution in [0.4, 0.5) is 5.69 Å². The lowest BCUT2D eigenvalue weighted by atomic mass is 10.3. The van der Waals surface area contributed by atoms with Crippen molar-refractivity contribution < 1.29 is 4.79 Å². The smallest absolute Gasteiger partial charge is 0.264 e. The van der Waals surface area contributed by atoms with Gasteiger partial charge < -0.3 is 10.2 Å². The molecule has 0 aromatic heterocycles. The first kappa shape index (κ1) is 13.7. The molecule has 0 bridgehead atoms. The Bertz CT molecular complexity index is 609. The number of aliphatic imine (C=N–C) groups is 1. The number of carbonyl (C=O) groups excluding carboxylic acids is 1. The van der Waals surface area contributed by atoms with Crippen LogP contribution in [0.3, 0.4) is 0 Å². The third-order valence-corrected chi connectivity index (χ3v) is 5.00. The molecule has 0 saturated heterocycles. The second-order valence-corrected chi connectivity index (χ2v) is 6.54. The van der Waals surface area contributed by atoms with Gasteiger partial charge in [-0.25, -0.2) is 0 Å². The third-order valence-electron chi connectivity index (χ3n) is 3.25. The molecule has 2 aliphatic rings. The summed E-state index contributed by atoms with van der Waals surface area (Å²) in [7, 11) is 0. The number of amides is 1. The van der Waals surface area contributed by atoms with Crippen molar-refractivity contribution in [2.45, 2.75) is 13.3 Å². The SMILES string of the molecule is CC1=C(C(=O)Nc2ccc(Br)cc2)SC2=NCCCN21. The van der Waals surface area contributed by atoms with E-state index in [1.165, 1.54) is 11.8 Å². The number of fused-ring (bicyclic) bond motifs is 1. The predicted molar refractivity (Wildman–Crippen MR) is 86.7 cm³/mol. The largest absolute Gasteiger partial charge is 0.324 e. The maximum Gasteiger partial charge on any atom is 0.264 e. The van der Waals surface area contributed by atoms with Crippen molar-refractivity contribution >= 4 is 44.5 Å². The highest BCUT2D eigenvalue weighted by Crippen LogP contribution is 2.36. The Morgan fingerprint density at radius 3 is 2.85 bits per heavy atom. The fraction of sp³-hybridized carbons (Fsp3) is 0.286. The van der Waals surface area contributed by atoms with Gasteiger partial charge in [0, 0.05) is 28.9 Å². The van der Waals surface area contributed by atoms with E-state index in [0.29, 0.717) is 0 Å². The highest BCUT2D eigenvalue weighted by molar-refractivity contribution is 9.10. The van der Waals surface area contributed by atoms with Crippen LogP contribution in [0.5, 0.6) is 0 Å². The summed E-state index contributed by atoms with van der Waals surface area (Å²) in [4.78, 5) is 19.7. The molecule has 0 aliphatic carbocycles. The Kier molecular flexibility index (Phi) is 3.85. The van der Waals surface area contributed by atoms with Crippen LogP contribution in [-0.4, -0.2) is 29.1 Å². The Hall–Kier alpha value is -1.27. The molecule has 1 aromatic carbocycles. The standard InChI is InChI=1S/C14H14BrN3OS/c1-9-12(20-14-16-7-2-8-18(9)14)13(19)17-11-5-3-10(15)4-6-11/h3-6H,2,7-8H2,1H3,(H,17,19). The van der Waals surface area contributed by atoms with Crippen molar-refractivity contribution in [2.24, 2.45) is 4.99 Å². The number of rotatable bonds is 2. The van der Waals surface area contributed by atoms with Crippen LogP contribution < -0.4 is 5.32 Å². The number of benzene rings is 1. The predicted octanol–water partition coefficient (Wildman–Crippen LogP) is 3.43. The molecule has 0 atom stereocenters. The lowest BCUT2D eigenvalue weighted by molar-refractivity contribution is -0.112. The summed E-state index contributed by atoms with van der Waals surface area (Å²) in [6, 6.07) is 7.57. The lowest BCUT2D eigenvalue weighted by Crippen LogP contribution is -2.28. The third kappa shape index (κ3) is 2.62. The van der Waals surface area contributed by atoms with Crippen LogP contribution >= 0.6 is 27.7 Å². The van der Waals surface area contributed by atoms with Gasteiger partial charge in [0.2, 0.25) is 0 Å². The van der Waals surface area contributed by atoms with E-state index in [1.807, 2.05) is 31.2 Å². The van der Waals surface area contributed by atoms with Crippen molar-refractivity contribution in [3.05, 3.63) is 39.3 Å². The molecule has 0 radical (unpaired) electrons.